The number of aliphatic hydroxyl groups excluding tert-OH is 1. The Morgan fingerprint density at radius 1 is 1.07 bits per heavy atom. The van der Waals surface area contributed by atoms with Gasteiger partial charge in [0, 0.05) is 24.2 Å². The number of aromatic nitrogens is 4. The van der Waals surface area contributed by atoms with Crippen LogP contribution >= 0.6 is 11.3 Å². The minimum Gasteiger partial charge on any atom is -0.484 e. The summed E-state index contributed by atoms with van der Waals surface area (Å²) in [7, 11) is 1.53. The Kier molecular flexibility index (Phi) is 9.11. The molecule has 0 fully saturated rings. The molecule has 2 aromatic carbocycles. The third-order valence-electron chi connectivity index (χ3n) is 6.23. The van der Waals surface area contributed by atoms with Gasteiger partial charge in [-0.2, -0.15) is 0 Å². The first-order valence-electron chi connectivity index (χ1n) is 13.5. The highest BCUT2D eigenvalue weighted by molar-refractivity contribution is 7.21. The van der Waals surface area contributed by atoms with E-state index in [1.54, 1.807) is 26.1 Å². The van der Waals surface area contributed by atoms with Crippen LogP contribution in [0.4, 0.5) is 14.9 Å². The molecule has 5 aromatic rings. The van der Waals surface area contributed by atoms with Crippen LogP contribution in [0.15, 0.2) is 48.8 Å². The van der Waals surface area contributed by atoms with E-state index >= 15 is 0 Å². The van der Waals surface area contributed by atoms with Crippen molar-refractivity contribution in [2.45, 2.75) is 33.0 Å². The highest BCUT2D eigenvalue weighted by atomic mass is 32.1. The molecule has 0 radical (unpaired) electrons. The summed E-state index contributed by atoms with van der Waals surface area (Å²) in [5, 5.41) is 15.0. The number of halogens is 1. The largest absolute Gasteiger partial charge is 0.484 e. The molecule has 3 aromatic heterocycles. The van der Waals surface area contributed by atoms with Crippen molar-refractivity contribution in [3.8, 4) is 22.2 Å². The van der Waals surface area contributed by atoms with Crippen LogP contribution in [-0.2, 0) is 4.74 Å². The molecule has 0 aliphatic carbocycles. The Hall–Kier alpha value is -4.95. The highest BCUT2D eigenvalue weighted by Crippen LogP contribution is 2.37. The lowest BCUT2D eigenvalue weighted by atomic mass is 10.1. The predicted octanol–water partition coefficient (Wildman–Crippen LogP) is 4.88. The number of nitrogens with one attached hydrogen (secondary N) is 2. The quantitative estimate of drug-likeness (QED) is 0.196. The number of fused-ring (bicyclic) bond motifs is 2. The van der Waals surface area contributed by atoms with Crippen LogP contribution < -0.4 is 20.1 Å². The summed E-state index contributed by atoms with van der Waals surface area (Å²) in [6.45, 7) is 5.06. The molecule has 2 atom stereocenters. The van der Waals surface area contributed by atoms with Crippen LogP contribution in [0.5, 0.6) is 11.6 Å². The van der Waals surface area contributed by atoms with E-state index in [0.29, 0.717) is 37.8 Å². The molecule has 5 rings (SSSR count). The first kappa shape index (κ1) is 30.5. The molecule has 14 heteroatoms. The first-order valence-corrected chi connectivity index (χ1v) is 14.4. The van der Waals surface area contributed by atoms with Gasteiger partial charge in [-0.05, 0) is 50.6 Å². The molecule has 0 aliphatic heterocycles. The van der Waals surface area contributed by atoms with Crippen molar-refractivity contribution in [2.75, 3.05) is 25.6 Å². The number of hydrogen-bond acceptors (Lipinski definition) is 11. The third kappa shape index (κ3) is 7.15. The van der Waals surface area contributed by atoms with Gasteiger partial charge in [0.25, 0.3) is 5.91 Å². The average Bonchev–Trinajstić information content (AvgIpc) is 3.41. The lowest BCUT2D eigenvalue weighted by Gasteiger charge is -2.15. The van der Waals surface area contributed by atoms with Crippen molar-refractivity contribution in [1.82, 2.24) is 25.3 Å². The molecule has 0 spiro atoms. The van der Waals surface area contributed by atoms with Gasteiger partial charge in [0.2, 0.25) is 5.88 Å². The van der Waals surface area contributed by atoms with Gasteiger partial charge in [0.05, 0.1) is 52.5 Å². The summed E-state index contributed by atoms with van der Waals surface area (Å²) in [6, 6.07) is 9.65. The fraction of sp³-hybridized carbons (Fsp3) is 0.267. The Morgan fingerprint density at radius 2 is 1.89 bits per heavy atom. The smallest absolute Gasteiger partial charge is 0.411 e. The van der Waals surface area contributed by atoms with E-state index in [4.69, 9.17) is 14.2 Å². The van der Waals surface area contributed by atoms with Crippen LogP contribution in [-0.4, -0.2) is 69.5 Å². The Bertz CT molecular complexity index is 1830. The molecule has 3 heterocycles. The fourth-order valence-electron chi connectivity index (χ4n) is 4.18. The zero-order chi connectivity index (χ0) is 31.4. The number of carbonyl (C=O) groups is 2. The van der Waals surface area contributed by atoms with E-state index in [2.05, 4.69) is 30.6 Å². The minimum absolute atomic E-state index is 0.00325. The van der Waals surface area contributed by atoms with Gasteiger partial charge < -0.3 is 24.6 Å². The van der Waals surface area contributed by atoms with Gasteiger partial charge in [-0.15, -0.1) is 11.3 Å². The van der Waals surface area contributed by atoms with Gasteiger partial charge in [-0.3, -0.25) is 10.1 Å². The maximum Gasteiger partial charge on any atom is 0.411 e. The first-order chi connectivity index (χ1) is 21.1. The summed E-state index contributed by atoms with van der Waals surface area (Å²) >= 11 is 1.37. The van der Waals surface area contributed by atoms with Crippen molar-refractivity contribution in [3.05, 3.63) is 65.9 Å². The zero-order valence-corrected chi connectivity index (χ0v) is 25.1. The Balaban J connectivity index is 1.21. The van der Waals surface area contributed by atoms with Crippen molar-refractivity contribution in [2.24, 2.45) is 0 Å². The van der Waals surface area contributed by atoms with Gasteiger partial charge >= 0.3 is 6.09 Å². The molecule has 0 bridgehead atoms. The van der Waals surface area contributed by atoms with Crippen molar-refractivity contribution >= 4 is 50.3 Å². The number of pyridine rings is 1. The molecule has 3 N–H and O–H groups in total. The second kappa shape index (κ2) is 13.1. The lowest BCUT2D eigenvalue weighted by Crippen LogP contribution is -2.31. The van der Waals surface area contributed by atoms with Crippen molar-refractivity contribution in [1.29, 1.82) is 0 Å². The number of anilines is 1. The highest BCUT2D eigenvalue weighted by Gasteiger charge is 2.18. The number of carbonyl (C=O) groups excluding carboxylic acids is 2. The van der Waals surface area contributed by atoms with E-state index in [1.807, 2.05) is 19.1 Å². The monoisotopic (exact) mass is 620 g/mol. The van der Waals surface area contributed by atoms with E-state index in [0.717, 1.165) is 11.1 Å². The van der Waals surface area contributed by atoms with E-state index < -0.39 is 30.0 Å². The topological polar surface area (TPSA) is 158 Å². The summed E-state index contributed by atoms with van der Waals surface area (Å²) in [5.74, 6) is -0.658. The summed E-state index contributed by atoms with van der Waals surface area (Å²) in [5.41, 5.74) is 3.95. The zero-order valence-electron chi connectivity index (χ0n) is 24.3. The molecule has 12 nitrogen and oxygen atoms in total. The number of aliphatic hydroxyl groups is 1. The summed E-state index contributed by atoms with van der Waals surface area (Å²) in [4.78, 5) is 41.9. The molecule has 228 valence electrons. The normalized spacial score (nSPS) is 12.5. The van der Waals surface area contributed by atoms with Crippen LogP contribution in [0.1, 0.15) is 29.9 Å². The third-order valence-corrected chi connectivity index (χ3v) is 7.28. The second-order valence-corrected chi connectivity index (χ2v) is 11.0. The number of hydrogen-bond donors (Lipinski definition) is 3. The standard InChI is InChI=1S/C30H29FN6O6S/c1-15-7-19(27-23(8-15)36-26(41-4)13-33-27)29-37-22-9-20(31)24(10-25(22)44-29)43-17(3)14-42-30(40)35-18-5-6-21(32-12-18)28(39)34-11-16(2)38/h5-10,12-13,16-17,38H,11,14H2,1-4H3,(H,34,39)(H,35,40)/t16-,17-/m0/s1. The van der Waals surface area contributed by atoms with Crippen LogP contribution in [0.25, 0.3) is 31.8 Å². The maximum atomic E-state index is 15.0. The Morgan fingerprint density at radius 3 is 2.61 bits per heavy atom. The number of rotatable bonds is 10. The van der Waals surface area contributed by atoms with Crippen molar-refractivity contribution in [3.63, 3.8) is 0 Å². The minimum atomic E-state index is -0.775. The van der Waals surface area contributed by atoms with E-state index in [-0.39, 0.29) is 24.6 Å². The molecule has 0 aliphatic rings. The fourth-order valence-corrected chi connectivity index (χ4v) is 5.17. The second-order valence-electron chi connectivity index (χ2n) is 10.0. The number of methoxy groups -OCH3 is 1. The van der Waals surface area contributed by atoms with Gasteiger partial charge in [-0.1, -0.05) is 0 Å². The summed E-state index contributed by atoms with van der Waals surface area (Å²) in [6.07, 6.45) is 0.702. The van der Waals surface area contributed by atoms with Gasteiger partial charge in [0.15, 0.2) is 11.6 Å². The van der Waals surface area contributed by atoms with Crippen molar-refractivity contribution < 1.29 is 33.3 Å². The van der Waals surface area contributed by atoms with Gasteiger partial charge in [0.1, 0.15) is 23.4 Å². The summed E-state index contributed by atoms with van der Waals surface area (Å²) < 4.78 is 31.9. The van der Waals surface area contributed by atoms with Crippen LogP contribution in [0.2, 0.25) is 0 Å². The lowest BCUT2D eigenvalue weighted by molar-refractivity contribution is 0.0919. The molecular formula is C30H29FN6O6S. The molecule has 0 saturated heterocycles. The van der Waals surface area contributed by atoms with Crippen LogP contribution in [0, 0.1) is 12.7 Å². The molecule has 0 unspecified atom stereocenters. The van der Waals surface area contributed by atoms with Gasteiger partial charge in [-0.25, -0.2) is 29.1 Å². The molecule has 44 heavy (non-hydrogen) atoms. The molecular weight excluding hydrogens is 591 g/mol. The number of aryl methyl sites for hydroxylation is 1. The number of benzene rings is 2. The SMILES string of the molecule is COc1cnc2c(-c3nc4cc(F)c(O[C@@H](C)COC(=O)Nc5ccc(C(=O)NC[C@H](C)O)nc5)cc4s3)cc(C)cc2n1. The number of nitrogens with zero attached hydrogens (tertiary/aromatic N) is 4. The predicted molar refractivity (Wildman–Crippen MR) is 163 cm³/mol. The average molecular weight is 621 g/mol. The van der Waals surface area contributed by atoms with E-state index in [1.165, 1.54) is 42.8 Å². The molecule has 0 saturated carbocycles. The Labute approximate surface area is 255 Å². The van der Waals surface area contributed by atoms with E-state index in [9.17, 15) is 19.1 Å². The number of amides is 2. The molecule has 2 amide bonds. The number of thiazole rings is 1. The maximum absolute atomic E-state index is 15.0. The number of ether oxygens (including phenoxy) is 3. The van der Waals surface area contributed by atoms with Crippen LogP contribution in [0.3, 0.4) is 0 Å².